The van der Waals surface area contributed by atoms with Gasteiger partial charge in [-0.15, -0.1) is 0 Å². The van der Waals surface area contributed by atoms with Crippen LogP contribution in [0.15, 0.2) is 48.4 Å². The van der Waals surface area contributed by atoms with Crippen LogP contribution in [0.25, 0.3) is 16.8 Å². The van der Waals surface area contributed by atoms with Crippen LogP contribution in [0.4, 0.5) is 0 Å². The fourth-order valence-electron chi connectivity index (χ4n) is 3.98. The van der Waals surface area contributed by atoms with Crippen molar-refractivity contribution >= 4 is 28.9 Å². The molecule has 3 N–H and O–H groups in total. The molecule has 1 aromatic carbocycles. The number of amidine groups is 1. The Morgan fingerprint density at radius 3 is 2.69 bits per heavy atom. The van der Waals surface area contributed by atoms with Gasteiger partial charge >= 0.3 is 0 Å². The van der Waals surface area contributed by atoms with Crippen LogP contribution in [0.2, 0.25) is 5.02 Å². The van der Waals surface area contributed by atoms with E-state index >= 15 is 0 Å². The molecule has 6 nitrogen and oxygen atoms in total. The molecule has 1 aliphatic heterocycles. The van der Waals surface area contributed by atoms with Gasteiger partial charge in [0.15, 0.2) is 0 Å². The number of nitrogens with one attached hydrogen (secondary N) is 1. The Morgan fingerprint density at radius 1 is 1.28 bits per heavy atom. The lowest BCUT2D eigenvalue weighted by Crippen LogP contribution is -2.46. The monoisotopic (exact) mass is 407 g/mol. The Bertz CT molecular complexity index is 1050. The van der Waals surface area contributed by atoms with Crippen molar-refractivity contribution in [3.8, 4) is 11.3 Å². The lowest BCUT2D eigenvalue weighted by molar-refractivity contribution is -0.123. The summed E-state index contributed by atoms with van der Waals surface area (Å²) in [4.78, 5) is 23.5. The number of halogens is 1. The largest absolute Gasteiger partial charge is 0.404 e. The summed E-state index contributed by atoms with van der Waals surface area (Å²) in [7, 11) is 0. The van der Waals surface area contributed by atoms with E-state index < -0.39 is 0 Å². The molecular weight excluding hydrogens is 386 g/mol. The van der Waals surface area contributed by atoms with Crippen molar-refractivity contribution in [3.05, 3.63) is 64.7 Å². The van der Waals surface area contributed by atoms with Crippen molar-refractivity contribution in [2.45, 2.75) is 38.6 Å². The summed E-state index contributed by atoms with van der Waals surface area (Å²) in [6, 6.07) is 5.53. The zero-order chi connectivity index (χ0) is 20.5. The van der Waals surface area contributed by atoms with Crippen LogP contribution in [0.3, 0.4) is 0 Å². The van der Waals surface area contributed by atoms with Gasteiger partial charge in [-0.25, -0.2) is 4.98 Å². The molecule has 0 unspecified atom stereocenters. The molecule has 1 amide bonds. The Kier molecular flexibility index (Phi) is 5.20. The van der Waals surface area contributed by atoms with E-state index in [1.165, 1.54) is 6.20 Å². The first-order valence-corrected chi connectivity index (χ1v) is 10.0. The summed E-state index contributed by atoms with van der Waals surface area (Å²) in [5, 5.41) is 8.88. The zero-order valence-corrected chi connectivity index (χ0v) is 16.9. The van der Waals surface area contributed by atoms with E-state index in [0.717, 1.165) is 42.6 Å². The Hall–Kier alpha value is -2.99. The average molecular weight is 408 g/mol. The van der Waals surface area contributed by atoms with E-state index in [0.29, 0.717) is 21.7 Å². The number of nitrogens with zero attached hydrogens (tertiary/aromatic N) is 3. The highest BCUT2D eigenvalue weighted by Gasteiger charge is 2.36. The first kappa shape index (κ1) is 19.3. The molecule has 0 spiro atoms. The third-order valence-electron chi connectivity index (χ3n) is 5.44. The number of hydrogen-bond donors (Lipinski definition) is 2. The zero-order valence-electron chi connectivity index (χ0n) is 16.2. The number of carbonyl (C=O) groups excluding carboxylic acids is 1. The molecule has 0 radical (unpaired) electrons. The van der Waals surface area contributed by atoms with E-state index in [1.54, 1.807) is 29.4 Å². The van der Waals surface area contributed by atoms with E-state index in [4.69, 9.17) is 22.7 Å². The SMILES string of the molecule is Cc1cncc(-c2ccc(C3=C/C(=C/N)C(=N)N(C4CCCC4)C3=O)c(Cl)c2)n1. The highest BCUT2D eigenvalue weighted by molar-refractivity contribution is 6.37. The quantitative estimate of drug-likeness (QED) is 0.800. The van der Waals surface area contributed by atoms with Gasteiger partial charge in [0.25, 0.3) is 5.91 Å². The van der Waals surface area contributed by atoms with Gasteiger partial charge in [-0.2, -0.15) is 0 Å². The molecule has 2 aliphatic rings. The van der Waals surface area contributed by atoms with Crippen molar-refractivity contribution < 1.29 is 4.79 Å². The number of aryl methyl sites for hydroxylation is 1. The number of aromatic nitrogens is 2. The van der Waals surface area contributed by atoms with Gasteiger partial charge in [0.2, 0.25) is 0 Å². The molecule has 2 heterocycles. The first-order valence-electron chi connectivity index (χ1n) is 9.64. The number of rotatable bonds is 3. The molecule has 0 bridgehead atoms. The van der Waals surface area contributed by atoms with E-state index in [2.05, 4.69) is 9.97 Å². The maximum Gasteiger partial charge on any atom is 0.260 e. The summed E-state index contributed by atoms with van der Waals surface area (Å²) in [6.45, 7) is 1.88. The molecule has 148 valence electrons. The van der Waals surface area contributed by atoms with Crippen molar-refractivity contribution in [1.82, 2.24) is 14.9 Å². The second-order valence-corrected chi connectivity index (χ2v) is 7.79. The summed E-state index contributed by atoms with van der Waals surface area (Å²) >= 11 is 6.59. The van der Waals surface area contributed by atoms with Crippen LogP contribution in [0.5, 0.6) is 0 Å². The minimum Gasteiger partial charge on any atom is -0.404 e. The second kappa shape index (κ2) is 7.79. The molecule has 1 saturated carbocycles. The first-order chi connectivity index (χ1) is 14.0. The molecular formula is C22H22ClN5O. The van der Waals surface area contributed by atoms with E-state index in [9.17, 15) is 4.79 Å². The van der Waals surface area contributed by atoms with Crippen molar-refractivity contribution in [2.24, 2.45) is 5.73 Å². The average Bonchev–Trinajstić information content (AvgIpc) is 3.23. The summed E-state index contributed by atoms with van der Waals surface area (Å²) < 4.78 is 0. The van der Waals surface area contributed by atoms with Crippen LogP contribution in [-0.4, -0.2) is 32.7 Å². The number of nitrogens with two attached hydrogens (primary N) is 1. The van der Waals surface area contributed by atoms with Crippen LogP contribution >= 0.6 is 11.6 Å². The van der Waals surface area contributed by atoms with Gasteiger partial charge in [-0.3, -0.25) is 20.1 Å². The van der Waals surface area contributed by atoms with Gasteiger partial charge in [0.1, 0.15) is 5.84 Å². The van der Waals surface area contributed by atoms with Gasteiger partial charge in [0.05, 0.1) is 17.6 Å². The normalized spacial score (nSPS) is 19.2. The molecule has 4 rings (SSSR count). The van der Waals surface area contributed by atoms with Crippen LogP contribution in [0, 0.1) is 12.3 Å². The number of hydrogen-bond acceptors (Lipinski definition) is 5. The third-order valence-corrected chi connectivity index (χ3v) is 5.76. The Morgan fingerprint density at radius 2 is 2.03 bits per heavy atom. The molecule has 7 heteroatoms. The smallest absolute Gasteiger partial charge is 0.260 e. The van der Waals surface area contributed by atoms with Gasteiger partial charge < -0.3 is 5.73 Å². The van der Waals surface area contributed by atoms with Gasteiger partial charge in [-0.1, -0.05) is 36.6 Å². The molecule has 2 aromatic rings. The lowest BCUT2D eigenvalue weighted by atomic mass is 9.94. The molecule has 1 fully saturated rings. The number of benzene rings is 1. The number of carbonyl (C=O) groups is 1. The highest BCUT2D eigenvalue weighted by Crippen LogP contribution is 2.36. The summed E-state index contributed by atoms with van der Waals surface area (Å²) in [5.74, 6) is -0.0339. The maximum absolute atomic E-state index is 13.3. The molecule has 0 atom stereocenters. The minimum absolute atomic E-state index is 0.0364. The molecule has 0 saturated heterocycles. The van der Waals surface area contributed by atoms with Gasteiger partial charge in [0, 0.05) is 45.7 Å². The third kappa shape index (κ3) is 3.56. The van der Waals surface area contributed by atoms with Crippen molar-refractivity contribution in [2.75, 3.05) is 0 Å². The van der Waals surface area contributed by atoms with Gasteiger partial charge in [-0.05, 0) is 31.9 Å². The molecule has 29 heavy (non-hydrogen) atoms. The predicted molar refractivity (Wildman–Crippen MR) is 114 cm³/mol. The lowest BCUT2D eigenvalue weighted by Gasteiger charge is -2.34. The fraction of sp³-hybridized carbons (Fsp3) is 0.273. The fourth-order valence-corrected chi connectivity index (χ4v) is 4.26. The van der Waals surface area contributed by atoms with Crippen LogP contribution in [-0.2, 0) is 4.79 Å². The topological polar surface area (TPSA) is 96.0 Å². The van der Waals surface area contributed by atoms with E-state index in [1.807, 2.05) is 19.1 Å². The van der Waals surface area contributed by atoms with Crippen LogP contribution < -0.4 is 5.73 Å². The molecule has 1 aliphatic carbocycles. The molecule has 1 aromatic heterocycles. The maximum atomic E-state index is 13.3. The van der Waals surface area contributed by atoms with Crippen molar-refractivity contribution in [3.63, 3.8) is 0 Å². The Labute approximate surface area is 174 Å². The highest BCUT2D eigenvalue weighted by atomic mass is 35.5. The standard InChI is InChI=1S/C22H22ClN5O/c1-13-11-26-12-20(27-13)14-6-7-17(19(23)9-14)18-8-15(10-24)21(25)28(22(18)29)16-4-2-3-5-16/h6-12,16,25H,2-5,24H2,1H3/b15-10-,25-21?. The number of amides is 1. The minimum atomic E-state index is -0.197. The van der Waals surface area contributed by atoms with Crippen molar-refractivity contribution in [1.29, 1.82) is 5.41 Å². The second-order valence-electron chi connectivity index (χ2n) is 7.38. The summed E-state index contributed by atoms with van der Waals surface area (Å²) in [5.41, 5.74) is 9.72. The van der Waals surface area contributed by atoms with Crippen LogP contribution in [0.1, 0.15) is 36.9 Å². The Balaban J connectivity index is 1.74. The van der Waals surface area contributed by atoms with E-state index in [-0.39, 0.29) is 17.8 Å². The summed E-state index contributed by atoms with van der Waals surface area (Å²) in [6.07, 6.45) is 10.3. The predicted octanol–water partition coefficient (Wildman–Crippen LogP) is 4.09.